The number of para-hydroxylation sites is 1. The van der Waals surface area contributed by atoms with Gasteiger partial charge in [-0.2, -0.15) is 0 Å². The van der Waals surface area contributed by atoms with E-state index < -0.39 is 12.5 Å². The van der Waals surface area contributed by atoms with Crippen molar-refractivity contribution in [2.75, 3.05) is 13.7 Å². The van der Waals surface area contributed by atoms with Crippen LogP contribution in [0.3, 0.4) is 0 Å². The summed E-state index contributed by atoms with van der Waals surface area (Å²) in [5, 5.41) is 0. The number of hydrogen-bond donors (Lipinski definition) is 1. The predicted molar refractivity (Wildman–Crippen MR) is 50.7 cm³/mol. The van der Waals surface area contributed by atoms with Crippen molar-refractivity contribution < 1.29 is 13.5 Å². The number of alkyl halides is 2. The van der Waals surface area contributed by atoms with Gasteiger partial charge in [0, 0.05) is 12.0 Å². The lowest BCUT2D eigenvalue weighted by atomic mass is 10.1. The van der Waals surface area contributed by atoms with Crippen molar-refractivity contribution in [2.24, 2.45) is 5.73 Å². The van der Waals surface area contributed by atoms with Crippen LogP contribution in [0.1, 0.15) is 5.56 Å². The summed E-state index contributed by atoms with van der Waals surface area (Å²) in [5.74, 6) is -2.39. The van der Waals surface area contributed by atoms with Crippen LogP contribution < -0.4 is 10.5 Å². The van der Waals surface area contributed by atoms with Crippen molar-refractivity contribution in [3.05, 3.63) is 29.8 Å². The molecular weight excluding hydrogens is 188 g/mol. The van der Waals surface area contributed by atoms with E-state index in [-0.39, 0.29) is 6.42 Å². The van der Waals surface area contributed by atoms with Gasteiger partial charge in [0.2, 0.25) is 0 Å². The third kappa shape index (κ3) is 2.67. The van der Waals surface area contributed by atoms with Gasteiger partial charge in [-0.25, -0.2) is 8.78 Å². The fourth-order valence-corrected chi connectivity index (χ4v) is 1.20. The van der Waals surface area contributed by atoms with Crippen LogP contribution in [-0.4, -0.2) is 19.6 Å². The molecule has 0 atom stereocenters. The minimum Gasteiger partial charge on any atom is -0.496 e. The minimum atomic E-state index is -2.87. The molecule has 0 aromatic heterocycles. The van der Waals surface area contributed by atoms with Gasteiger partial charge in [0.15, 0.2) is 0 Å². The zero-order chi connectivity index (χ0) is 10.6. The van der Waals surface area contributed by atoms with E-state index in [1.165, 1.54) is 7.11 Å². The smallest absolute Gasteiger partial charge is 0.264 e. The Morgan fingerprint density at radius 1 is 1.36 bits per heavy atom. The third-order valence-electron chi connectivity index (χ3n) is 1.94. The molecule has 0 unspecified atom stereocenters. The largest absolute Gasteiger partial charge is 0.496 e. The fourth-order valence-electron chi connectivity index (χ4n) is 1.20. The van der Waals surface area contributed by atoms with E-state index >= 15 is 0 Å². The lowest BCUT2D eigenvalue weighted by Crippen LogP contribution is -2.30. The lowest BCUT2D eigenvalue weighted by molar-refractivity contribution is 0.0110. The molecule has 2 N–H and O–H groups in total. The number of ether oxygens (including phenoxy) is 1. The van der Waals surface area contributed by atoms with Crippen molar-refractivity contribution in [3.8, 4) is 5.75 Å². The predicted octanol–water partition coefficient (Wildman–Crippen LogP) is 1.83. The van der Waals surface area contributed by atoms with E-state index in [1.54, 1.807) is 24.3 Å². The number of hydrogen-bond acceptors (Lipinski definition) is 2. The van der Waals surface area contributed by atoms with Crippen molar-refractivity contribution in [1.82, 2.24) is 0 Å². The Morgan fingerprint density at radius 2 is 2.00 bits per heavy atom. The lowest BCUT2D eigenvalue weighted by Gasteiger charge is -2.15. The second kappa shape index (κ2) is 4.37. The second-order valence-electron chi connectivity index (χ2n) is 3.05. The monoisotopic (exact) mass is 201 g/mol. The van der Waals surface area contributed by atoms with Gasteiger partial charge in [0.05, 0.1) is 13.7 Å². The highest BCUT2D eigenvalue weighted by Crippen LogP contribution is 2.25. The first kappa shape index (κ1) is 10.9. The molecule has 0 saturated heterocycles. The summed E-state index contributed by atoms with van der Waals surface area (Å²) in [7, 11) is 1.46. The second-order valence-corrected chi connectivity index (χ2v) is 3.05. The SMILES string of the molecule is COc1ccccc1CC(F)(F)CN. The van der Waals surface area contributed by atoms with Crippen molar-refractivity contribution >= 4 is 0 Å². The van der Waals surface area contributed by atoms with Crippen LogP contribution in [-0.2, 0) is 6.42 Å². The highest BCUT2D eigenvalue weighted by atomic mass is 19.3. The third-order valence-corrected chi connectivity index (χ3v) is 1.94. The van der Waals surface area contributed by atoms with Crippen LogP contribution >= 0.6 is 0 Å². The Labute approximate surface area is 81.7 Å². The number of halogens is 2. The topological polar surface area (TPSA) is 35.2 Å². The summed E-state index contributed by atoms with van der Waals surface area (Å²) >= 11 is 0. The first-order valence-electron chi connectivity index (χ1n) is 4.29. The quantitative estimate of drug-likeness (QED) is 0.806. The first-order chi connectivity index (χ1) is 6.59. The van der Waals surface area contributed by atoms with Gasteiger partial charge < -0.3 is 10.5 Å². The average molecular weight is 201 g/mol. The number of methoxy groups -OCH3 is 1. The maximum Gasteiger partial charge on any atom is 0.264 e. The Morgan fingerprint density at radius 3 is 2.57 bits per heavy atom. The Kier molecular flexibility index (Phi) is 3.41. The number of nitrogens with two attached hydrogens (primary N) is 1. The van der Waals surface area contributed by atoms with E-state index in [4.69, 9.17) is 10.5 Å². The van der Waals surface area contributed by atoms with Crippen LogP contribution in [0.5, 0.6) is 5.75 Å². The fraction of sp³-hybridized carbons (Fsp3) is 0.400. The average Bonchev–Trinajstić information content (AvgIpc) is 2.18. The summed E-state index contributed by atoms with van der Waals surface area (Å²) in [6, 6.07) is 6.71. The number of rotatable bonds is 4. The zero-order valence-electron chi connectivity index (χ0n) is 7.97. The molecule has 1 aromatic rings. The molecule has 0 aliphatic rings. The highest BCUT2D eigenvalue weighted by Gasteiger charge is 2.28. The molecule has 0 amide bonds. The summed E-state index contributed by atoms with van der Waals surface area (Å²) in [5.41, 5.74) is 5.43. The van der Waals surface area contributed by atoms with Crippen LogP contribution in [0.15, 0.2) is 24.3 Å². The van der Waals surface area contributed by atoms with Crippen molar-refractivity contribution in [2.45, 2.75) is 12.3 Å². The normalized spacial score (nSPS) is 11.4. The molecule has 2 nitrogen and oxygen atoms in total. The molecule has 14 heavy (non-hydrogen) atoms. The molecule has 1 rings (SSSR count). The molecule has 78 valence electrons. The van der Waals surface area contributed by atoms with Crippen LogP contribution in [0.4, 0.5) is 8.78 Å². The molecule has 0 aliphatic carbocycles. The van der Waals surface area contributed by atoms with E-state index in [0.29, 0.717) is 11.3 Å². The molecule has 0 aliphatic heterocycles. The van der Waals surface area contributed by atoms with E-state index in [9.17, 15) is 8.78 Å². The minimum absolute atomic E-state index is 0.381. The van der Waals surface area contributed by atoms with E-state index in [0.717, 1.165) is 0 Å². The molecule has 0 radical (unpaired) electrons. The molecule has 0 bridgehead atoms. The summed E-state index contributed by atoms with van der Waals surface area (Å²) in [4.78, 5) is 0. The Balaban J connectivity index is 2.85. The Bertz CT molecular complexity index is 302. The van der Waals surface area contributed by atoms with Gasteiger partial charge in [-0.05, 0) is 6.07 Å². The van der Waals surface area contributed by atoms with Gasteiger partial charge >= 0.3 is 0 Å². The zero-order valence-corrected chi connectivity index (χ0v) is 7.97. The summed E-state index contributed by atoms with van der Waals surface area (Å²) in [6.45, 7) is -0.648. The van der Waals surface area contributed by atoms with Crippen LogP contribution in [0.25, 0.3) is 0 Å². The first-order valence-corrected chi connectivity index (χ1v) is 4.29. The van der Waals surface area contributed by atoms with Gasteiger partial charge in [0.1, 0.15) is 5.75 Å². The molecule has 1 aromatic carbocycles. The summed E-state index contributed by atoms with van der Waals surface area (Å²) < 4.78 is 30.9. The molecular formula is C10H13F2NO. The molecule has 0 fully saturated rings. The molecule has 0 saturated carbocycles. The van der Waals surface area contributed by atoms with Crippen molar-refractivity contribution in [3.63, 3.8) is 0 Å². The molecule has 4 heteroatoms. The Hall–Kier alpha value is -1.16. The maximum absolute atomic E-state index is 13.0. The van der Waals surface area contributed by atoms with Crippen LogP contribution in [0, 0.1) is 0 Å². The van der Waals surface area contributed by atoms with Gasteiger partial charge in [-0.15, -0.1) is 0 Å². The molecule has 0 heterocycles. The van der Waals surface area contributed by atoms with Gasteiger partial charge in [-0.3, -0.25) is 0 Å². The van der Waals surface area contributed by atoms with Gasteiger partial charge in [0.25, 0.3) is 5.92 Å². The molecule has 0 spiro atoms. The van der Waals surface area contributed by atoms with Gasteiger partial charge in [-0.1, -0.05) is 18.2 Å². The van der Waals surface area contributed by atoms with E-state index in [1.807, 2.05) is 0 Å². The summed E-state index contributed by atoms with van der Waals surface area (Å²) in [6.07, 6.45) is -0.381. The highest BCUT2D eigenvalue weighted by molar-refractivity contribution is 5.34. The van der Waals surface area contributed by atoms with E-state index in [2.05, 4.69) is 0 Å². The van der Waals surface area contributed by atoms with Crippen LogP contribution in [0.2, 0.25) is 0 Å². The van der Waals surface area contributed by atoms with Crippen molar-refractivity contribution in [1.29, 1.82) is 0 Å². The number of benzene rings is 1. The maximum atomic E-state index is 13.0. The standard InChI is InChI=1S/C10H13F2NO/c1-14-9-5-3-2-4-8(9)6-10(11,12)7-13/h2-5H,6-7,13H2,1H3.